The number of aromatic nitrogens is 2. The van der Waals surface area contributed by atoms with Crippen LogP contribution in [0.3, 0.4) is 0 Å². The Kier molecular flexibility index (Phi) is 3.53. The van der Waals surface area contributed by atoms with Gasteiger partial charge in [-0.2, -0.15) is 5.10 Å². The molecule has 0 aliphatic carbocycles. The first-order valence-corrected chi connectivity index (χ1v) is 5.77. The van der Waals surface area contributed by atoms with Crippen LogP contribution >= 0.6 is 11.6 Å². The van der Waals surface area contributed by atoms with Crippen LogP contribution in [0.15, 0.2) is 30.5 Å². The highest BCUT2D eigenvalue weighted by molar-refractivity contribution is 6.31. The quantitative estimate of drug-likeness (QED) is 0.834. The van der Waals surface area contributed by atoms with Crippen LogP contribution in [-0.4, -0.2) is 15.7 Å². The number of carbonyl (C=O) groups excluding carboxylic acids is 1. The summed E-state index contributed by atoms with van der Waals surface area (Å²) in [5, 5.41) is 7.41. The van der Waals surface area contributed by atoms with E-state index in [2.05, 4.69) is 10.4 Å². The molecule has 2 aromatic rings. The summed E-state index contributed by atoms with van der Waals surface area (Å²) in [5.74, 6) is -0.168. The molecule has 94 valence electrons. The van der Waals surface area contributed by atoms with Gasteiger partial charge in [0, 0.05) is 17.6 Å². The van der Waals surface area contributed by atoms with Gasteiger partial charge in [0.2, 0.25) is 5.91 Å². The fourth-order valence-electron chi connectivity index (χ4n) is 1.49. The van der Waals surface area contributed by atoms with Crippen LogP contribution in [0.5, 0.6) is 0 Å². The number of rotatable bonds is 3. The molecule has 0 atom stereocenters. The first-order valence-electron chi connectivity index (χ1n) is 5.39. The maximum absolute atomic E-state index is 11.7. The van der Waals surface area contributed by atoms with Crippen molar-refractivity contribution in [3.63, 3.8) is 0 Å². The normalized spacial score (nSPS) is 10.3. The van der Waals surface area contributed by atoms with Crippen LogP contribution in [0.25, 0.3) is 0 Å². The van der Waals surface area contributed by atoms with Crippen molar-refractivity contribution in [2.75, 3.05) is 11.1 Å². The highest BCUT2D eigenvalue weighted by Crippen LogP contribution is 2.13. The third kappa shape index (κ3) is 3.01. The maximum atomic E-state index is 11.7. The molecule has 1 amide bonds. The highest BCUT2D eigenvalue weighted by atomic mass is 35.5. The van der Waals surface area contributed by atoms with Gasteiger partial charge in [-0.15, -0.1) is 0 Å². The fourth-order valence-corrected chi connectivity index (χ4v) is 1.64. The van der Waals surface area contributed by atoms with E-state index in [9.17, 15) is 4.79 Å². The largest absolute Gasteiger partial charge is 0.399 e. The van der Waals surface area contributed by atoms with Gasteiger partial charge in [-0.25, -0.2) is 0 Å². The molecule has 0 aliphatic heterocycles. The number of carbonyl (C=O) groups is 1. The van der Waals surface area contributed by atoms with Gasteiger partial charge in [0.25, 0.3) is 0 Å². The third-order valence-corrected chi connectivity index (χ3v) is 2.76. The van der Waals surface area contributed by atoms with Crippen molar-refractivity contribution < 1.29 is 4.79 Å². The lowest BCUT2D eigenvalue weighted by Crippen LogP contribution is -2.19. The number of halogens is 1. The predicted molar refractivity (Wildman–Crippen MR) is 71.5 cm³/mol. The highest BCUT2D eigenvalue weighted by Gasteiger charge is 2.07. The molecule has 6 heteroatoms. The lowest BCUT2D eigenvalue weighted by Gasteiger charge is -2.05. The smallest absolute Gasteiger partial charge is 0.246 e. The van der Waals surface area contributed by atoms with Gasteiger partial charge in [0.05, 0.1) is 10.7 Å². The minimum Gasteiger partial charge on any atom is -0.399 e. The summed E-state index contributed by atoms with van der Waals surface area (Å²) < 4.78 is 1.50. The lowest BCUT2D eigenvalue weighted by molar-refractivity contribution is -0.116. The molecule has 0 fully saturated rings. The molecule has 1 aromatic carbocycles. The van der Waals surface area contributed by atoms with E-state index in [1.165, 1.54) is 4.68 Å². The first-order chi connectivity index (χ1) is 8.54. The Morgan fingerprint density at radius 1 is 1.44 bits per heavy atom. The number of nitrogens with two attached hydrogens (primary N) is 1. The van der Waals surface area contributed by atoms with Crippen molar-refractivity contribution in [2.45, 2.75) is 13.5 Å². The molecule has 0 saturated carbocycles. The number of anilines is 2. The Balaban J connectivity index is 1.98. The summed E-state index contributed by atoms with van der Waals surface area (Å²) in [7, 11) is 0. The van der Waals surface area contributed by atoms with E-state index < -0.39 is 0 Å². The van der Waals surface area contributed by atoms with E-state index in [0.29, 0.717) is 22.1 Å². The molecule has 18 heavy (non-hydrogen) atoms. The molecule has 3 N–H and O–H groups in total. The monoisotopic (exact) mass is 264 g/mol. The van der Waals surface area contributed by atoms with Crippen LogP contribution in [0.1, 0.15) is 5.69 Å². The molecule has 1 aromatic heterocycles. The number of amides is 1. The van der Waals surface area contributed by atoms with Gasteiger partial charge >= 0.3 is 0 Å². The van der Waals surface area contributed by atoms with E-state index in [4.69, 9.17) is 17.3 Å². The standard InChI is InChI=1S/C12H13ClN4O/c1-8-11(13)6-17(16-8)7-12(18)15-10-4-2-9(14)3-5-10/h2-6H,7,14H2,1H3,(H,15,18). The Morgan fingerprint density at radius 3 is 2.67 bits per heavy atom. The van der Waals surface area contributed by atoms with Gasteiger partial charge in [0.1, 0.15) is 6.54 Å². The van der Waals surface area contributed by atoms with Crippen molar-refractivity contribution in [2.24, 2.45) is 0 Å². The molecule has 0 spiro atoms. The van der Waals surface area contributed by atoms with E-state index >= 15 is 0 Å². The molecule has 2 rings (SSSR count). The predicted octanol–water partition coefficient (Wildman–Crippen LogP) is 2.07. The molecule has 0 aliphatic rings. The second-order valence-corrected chi connectivity index (χ2v) is 4.34. The number of nitrogens with zero attached hydrogens (tertiary/aromatic N) is 2. The van der Waals surface area contributed by atoms with Gasteiger partial charge in [0.15, 0.2) is 0 Å². The van der Waals surface area contributed by atoms with E-state index in [1.807, 2.05) is 0 Å². The van der Waals surface area contributed by atoms with E-state index in [-0.39, 0.29) is 12.5 Å². The van der Waals surface area contributed by atoms with E-state index in [0.717, 1.165) is 0 Å². The van der Waals surface area contributed by atoms with E-state index in [1.54, 1.807) is 37.4 Å². The number of benzene rings is 1. The number of hydrogen-bond acceptors (Lipinski definition) is 3. The number of hydrogen-bond donors (Lipinski definition) is 2. The Labute approximate surface area is 110 Å². The summed E-state index contributed by atoms with van der Waals surface area (Å²) in [6.07, 6.45) is 1.62. The van der Waals surface area contributed by atoms with Crippen molar-refractivity contribution in [1.29, 1.82) is 0 Å². The topological polar surface area (TPSA) is 72.9 Å². The zero-order valence-electron chi connectivity index (χ0n) is 9.85. The zero-order chi connectivity index (χ0) is 13.1. The Morgan fingerprint density at radius 2 is 2.11 bits per heavy atom. The average Bonchev–Trinajstić information content (AvgIpc) is 2.61. The van der Waals surface area contributed by atoms with Crippen LogP contribution < -0.4 is 11.1 Å². The average molecular weight is 265 g/mol. The molecule has 1 heterocycles. The molecule has 0 unspecified atom stereocenters. The van der Waals surface area contributed by atoms with Crippen molar-refractivity contribution in [3.8, 4) is 0 Å². The maximum Gasteiger partial charge on any atom is 0.246 e. The summed E-state index contributed by atoms with van der Waals surface area (Å²) in [4.78, 5) is 11.7. The van der Waals surface area contributed by atoms with Crippen LogP contribution in [-0.2, 0) is 11.3 Å². The molecule has 0 saturated heterocycles. The molecule has 0 bridgehead atoms. The van der Waals surface area contributed by atoms with Crippen molar-refractivity contribution in [1.82, 2.24) is 9.78 Å². The summed E-state index contributed by atoms with van der Waals surface area (Å²) in [6, 6.07) is 6.94. The number of nitrogens with one attached hydrogen (secondary N) is 1. The Bertz CT molecular complexity index is 542. The number of aryl methyl sites for hydroxylation is 1. The second-order valence-electron chi connectivity index (χ2n) is 3.93. The second kappa shape index (κ2) is 5.10. The molecule has 5 nitrogen and oxygen atoms in total. The lowest BCUT2D eigenvalue weighted by atomic mass is 10.3. The summed E-state index contributed by atoms with van der Waals surface area (Å²) in [5.41, 5.74) is 7.62. The fraction of sp³-hybridized carbons (Fsp3) is 0.167. The van der Waals surface area contributed by atoms with Gasteiger partial charge < -0.3 is 11.1 Å². The van der Waals surface area contributed by atoms with Gasteiger partial charge in [-0.3, -0.25) is 9.48 Å². The minimum absolute atomic E-state index is 0.123. The van der Waals surface area contributed by atoms with Gasteiger partial charge in [-0.05, 0) is 31.2 Å². The summed E-state index contributed by atoms with van der Waals surface area (Å²) >= 11 is 5.86. The number of nitrogen functional groups attached to an aromatic ring is 1. The van der Waals surface area contributed by atoms with Crippen LogP contribution in [0, 0.1) is 6.92 Å². The Hall–Kier alpha value is -2.01. The first kappa shape index (κ1) is 12.4. The SMILES string of the molecule is Cc1nn(CC(=O)Nc2ccc(N)cc2)cc1Cl. The van der Waals surface area contributed by atoms with Crippen molar-refractivity contribution in [3.05, 3.63) is 41.2 Å². The van der Waals surface area contributed by atoms with Crippen molar-refractivity contribution >= 4 is 28.9 Å². The van der Waals surface area contributed by atoms with Crippen LogP contribution in [0.2, 0.25) is 5.02 Å². The summed E-state index contributed by atoms with van der Waals surface area (Å²) in [6.45, 7) is 1.91. The molecule has 0 radical (unpaired) electrons. The molecular formula is C12H13ClN4O. The minimum atomic E-state index is -0.168. The van der Waals surface area contributed by atoms with Crippen LogP contribution in [0.4, 0.5) is 11.4 Å². The zero-order valence-corrected chi connectivity index (χ0v) is 10.6. The third-order valence-electron chi connectivity index (χ3n) is 2.39. The van der Waals surface area contributed by atoms with Gasteiger partial charge in [-0.1, -0.05) is 11.6 Å². The molecular weight excluding hydrogens is 252 g/mol.